The first kappa shape index (κ1) is 11.0. The molecule has 18 heavy (non-hydrogen) atoms. The van der Waals surface area contributed by atoms with Gasteiger partial charge in [-0.05, 0) is 18.2 Å². The Morgan fingerprint density at radius 3 is 2.83 bits per heavy atom. The van der Waals surface area contributed by atoms with Crippen molar-refractivity contribution >= 4 is 11.8 Å². The van der Waals surface area contributed by atoms with Gasteiger partial charge in [-0.3, -0.25) is 14.5 Å². The molecule has 1 aromatic rings. The summed E-state index contributed by atoms with van der Waals surface area (Å²) in [4.78, 5) is 24.9. The fourth-order valence-electron chi connectivity index (χ4n) is 2.12. The third-order valence-electron chi connectivity index (χ3n) is 3.02. The molecule has 1 aromatic carbocycles. The van der Waals surface area contributed by atoms with Crippen LogP contribution < -0.4 is 15.2 Å². The molecule has 94 valence electrons. The van der Waals surface area contributed by atoms with Crippen LogP contribution in [0.4, 0.5) is 0 Å². The average Bonchev–Trinajstić information content (AvgIpc) is 2.93. The molecule has 0 saturated carbocycles. The number of ether oxygens (including phenoxy) is 2. The maximum absolute atomic E-state index is 12.2. The van der Waals surface area contributed by atoms with Gasteiger partial charge in [-0.25, -0.2) is 0 Å². The molecule has 3 rings (SSSR count). The van der Waals surface area contributed by atoms with Crippen molar-refractivity contribution in [2.75, 3.05) is 13.3 Å². The van der Waals surface area contributed by atoms with E-state index < -0.39 is 0 Å². The molecule has 2 aliphatic heterocycles. The Morgan fingerprint density at radius 2 is 2.11 bits per heavy atom. The van der Waals surface area contributed by atoms with E-state index in [4.69, 9.17) is 15.2 Å². The average molecular weight is 248 g/mol. The number of amides is 2. The molecule has 0 aromatic heterocycles. The summed E-state index contributed by atoms with van der Waals surface area (Å²) in [7, 11) is 0. The Balaban J connectivity index is 1.86. The number of hydrogen-bond donors (Lipinski definition) is 1. The summed E-state index contributed by atoms with van der Waals surface area (Å²) in [6.07, 6.45) is 0.219. The zero-order chi connectivity index (χ0) is 12.7. The van der Waals surface area contributed by atoms with E-state index in [1.807, 2.05) is 0 Å². The highest BCUT2D eigenvalue weighted by Crippen LogP contribution is 2.33. The third-order valence-corrected chi connectivity index (χ3v) is 3.02. The molecule has 2 N–H and O–H groups in total. The Kier molecular flexibility index (Phi) is 2.45. The van der Waals surface area contributed by atoms with Crippen molar-refractivity contribution in [1.29, 1.82) is 0 Å². The van der Waals surface area contributed by atoms with Gasteiger partial charge in [0.15, 0.2) is 11.5 Å². The molecule has 0 bridgehead atoms. The normalized spacial score (nSPS) is 21.5. The van der Waals surface area contributed by atoms with E-state index in [0.29, 0.717) is 17.1 Å². The SMILES string of the molecule is NC1CC(=O)N(C(=O)c2ccc3c(c2)OCO3)C1. The van der Waals surface area contributed by atoms with Crippen LogP contribution in [-0.2, 0) is 4.79 Å². The quantitative estimate of drug-likeness (QED) is 0.713. The third kappa shape index (κ3) is 1.70. The van der Waals surface area contributed by atoms with Crippen LogP contribution in [0.25, 0.3) is 0 Å². The van der Waals surface area contributed by atoms with Gasteiger partial charge in [0.25, 0.3) is 5.91 Å². The van der Waals surface area contributed by atoms with Crippen LogP contribution in [0.3, 0.4) is 0 Å². The minimum atomic E-state index is -0.341. The van der Waals surface area contributed by atoms with Crippen molar-refractivity contribution in [3.63, 3.8) is 0 Å². The van der Waals surface area contributed by atoms with E-state index in [1.165, 1.54) is 4.90 Å². The predicted octanol–water partition coefficient (Wildman–Crippen LogP) is 0.115. The van der Waals surface area contributed by atoms with Crippen LogP contribution >= 0.6 is 0 Å². The molecule has 0 spiro atoms. The molecule has 0 aliphatic carbocycles. The lowest BCUT2D eigenvalue weighted by Crippen LogP contribution is -2.34. The van der Waals surface area contributed by atoms with Crippen molar-refractivity contribution in [2.45, 2.75) is 12.5 Å². The van der Waals surface area contributed by atoms with E-state index in [0.717, 1.165) is 0 Å². The van der Waals surface area contributed by atoms with Gasteiger partial charge in [0.1, 0.15) is 0 Å². The van der Waals surface area contributed by atoms with Gasteiger partial charge in [0, 0.05) is 24.6 Å². The number of imide groups is 1. The summed E-state index contributed by atoms with van der Waals surface area (Å²) < 4.78 is 10.4. The minimum Gasteiger partial charge on any atom is -0.454 e. The van der Waals surface area contributed by atoms with E-state index >= 15 is 0 Å². The van der Waals surface area contributed by atoms with Gasteiger partial charge in [0.05, 0.1) is 0 Å². The summed E-state index contributed by atoms with van der Waals surface area (Å²) >= 11 is 0. The lowest BCUT2D eigenvalue weighted by Gasteiger charge is -2.14. The Labute approximate surface area is 103 Å². The van der Waals surface area contributed by atoms with Crippen molar-refractivity contribution < 1.29 is 19.1 Å². The highest BCUT2D eigenvalue weighted by Gasteiger charge is 2.32. The zero-order valence-electron chi connectivity index (χ0n) is 9.59. The maximum Gasteiger partial charge on any atom is 0.260 e. The van der Waals surface area contributed by atoms with E-state index in [1.54, 1.807) is 18.2 Å². The van der Waals surface area contributed by atoms with Crippen LogP contribution in [0.1, 0.15) is 16.8 Å². The number of nitrogens with zero attached hydrogens (tertiary/aromatic N) is 1. The second-order valence-corrected chi connectivity index (χ2v) is 4.34. The lowest BCUT2D eigenvalue weighted by atomic mass is 10.2. The molecule has 2 aliphatic rings. The van der Waals surface area contributed by atoms with Crippen molar-refractivity contribution in [3.8, 4) is 11.5 Å². The first-order valence-corrected chi connectivity index (χ1v) is 5.65. The van der Waals surface area contributed by atoms with Gasteiger partial charge < -0.3 is 15.2 Å². The number of likely N-dealkylation sites (tertiary alicyclic amines) is 1. The second kappa shape index (κ2) is 3.99. The minimum absolute atomic E-state index is 0.153. The fourth-order valence-corrected chi connectivity index (χ4v) is 2.12. The van der Waals surface area contributed by atoms with E-state index in [2.05, 4.69) is 0 Å². The van der Waals surface area contributed by atoms with Crippen LogP contribution in [0.2, 0.25) is 0 Å². The van der Waals surface area contributed by atoms with Crippen molar-refractivity contribution in [1.82, 2.24) is 4.90 Å². The molecule has 1 atom stereocenters. The Morgan fingerprint density at radius 1 is 1.33 bits per heavy atom. The number of rotatable bonds is 1. The number of hydrogen-bond acceptors (Lipinski definition) is 5. The zero-order valence-corrected chi connectivity index (χ0v) is 9.59. The molecule has 6 heteroatoms. The molecule has 0 radical (unpaired) electrons. The van der Waals surface area contributed by atoms with Crippen LogP contribution in [0.15, 0.2) is 18.2 Å². The first-order chi connectivity index (χ1) is 8.65. The number of benzene rings is 1. The van der Waals surface area contributed by atoms with Gasteiger partial charge in [-0.15, -0.1) is 0 Å². The monoisotopic (exact) mass is 248 g/mol. The molecule has 2 amide bonds. The molecular formula is C12H12N2O4. The highest BCUT2D eigenvalue weighted by molar-refractivity contribution is 6.06. The number of fused-ring (bicyclic) bond motifs is 1. The summed E-state index contributed by atoms with van der Waals surface area (Å²) in [6, 6.07) is 4.60. The lowest BCUT2D eigenvalue weighted by molar-refractivity contribution is -0.125. The maximum atomic E-state index is 12.2. The summed E-state index contributed by atoms with van der Waals surface area (Å²) in [5, 5.41) is 0. The van der Waals surface area contributed by atoms with Gasteiger partial charge in [0.2, 0.25) is 12.7 Å². The summed E-state index contributed by atoms with van der Waals surface area (Å²) in [5.41, 5.74) is 6.07. The van der Waals surface area contributed by atoms with E-state index in [-0.39, 0.29) is 37.6 Å². The number of carbonyl (C=O) groups is 2. The molecule has 1 saturated heterocycles. The molecule has 1 unspecified atom stereocenters. The van der Waals surface area contributed by atoms with Crippen LogP contribution in [-0.4, -0.2) is 36.1 Å². The Bertz CT molecular complexity index is 529. The molecule has 6 nitrogen and oxygen atoms in total. The molecule has 2 heterocycles. The van der Waals surface area contributed by atoms with Crippen LogP contribution in [0, 0.1) is 0 Å². The van der Waals surface area contributed by atoms with Gasteiger partial charge >= 0.3 is 0 Å². The number of nitrogens with two attached hydrogens (primary N) is 1. The standard InChI is InChI=1S/C12H12N2O4/c13-8-4-11(15)14(5-8)12(16)7-1-2-9-10(3-7)18-6-17-9/h1-3,8H,4-6,13H2. The summed E-state index contributed by atoms with van der Waals surface area (Å²) in [5.74, 6) is 0.559. The van der Waals surface area contributed by atoms with Gasteiger partial charge in [-0.2, -0.15) is 0 Å². The Hall–Kier alpha value is -2.08. The molecular weight excluding hydrogens is 236 g/mol. The topological polar surface area (TPSA) is 81.9 Å². The van der Waals surface area contributed by atoms with Crippen molar-refractivity contribution in [3.05, 3.63) is 23.8 Å². The molecule has 1 fully saturated rings. The van der Waals surface area contributed by atoms with Crippen molar-refractivity contribution in [2.24, 2.45) is 5.73 Å². The number of carbonyl (C=O) groups excluding carboxylic acids is 2. The smallest absolute Gasteiger partial charge is 0.260 e. The van der Waals surface area contributed by atoms with Crippen LogP contribution in [0.5, 0.6) is 11.5 Å². The second-order valence-electron chi connectivity index (χ2n) is 4.34. The van der Waals surface area contributed by atoms with Gasteiger partial charge in [-0.1, -0.05) is 0 Å². The van der Waals surface area contributed by atoms with E-state index in [9.17, 15) is 9.59 Å². The first-order valence-electron chi connectivity index (χ1n) is 5.65. The fraction of sp³-hybridized carbons (Fsp3) is 0.333. The highest BCUT2D eigenvalue weighted by atomic mass is 16.7. The summed E-state index contributed by atoms with van der Waals surface area (Å²) in [6.45, 7) is 0.423. The predicted molar refractivity (Wildman–Crippen MR) is 61.2 cm³/mol. The largest absolute Gasteiger partial charge is 0.454 e.